The Morgan fingerprint density at radius 3 is 2.53 bits per heavy atom. The molecule has 1 heterocycles. The smallest absolute Gasteiger partial charge is 0.237 e. The number of nitrogens with two attached hydrogens (primary N) is 1. The Labute approximate surface area is 92.0 Å². The second kappa shape index (κ2) is 5.47. The van der Waals surface area contributed by atoms with Crippen LogP contribution in [0.15, 0.2) is 0 Å². The zero-order chi connectivity index (χ0) is 11.3. The molecule has 1 amide bonds. The number of piperidine rings is 1. The van der Waals surface area contributed by atoms with Crippen molar-refractivity contribution in [1.29, 1.82) is 0 Å². The van der Waals surface area contributed by atoms with Crippen LogP contribution in [0, 0.1) is 5.92 Å². The van der Waals surface area contributed by atoms with Gasteiger partial charge in [-0.2, -0.15) is 0 Å². The topological polar surface area (TPSA) is 67.1 Å². The molecule has 1 aliphatic heterocycles. The van der Waals surface area contributed by atoms with Gasteiger partial charge in [-0.25, -0.2) is 0 Å². The van der Waals surface area contributed by atoms with Crippen molar-refractivity contribution < 1.29 is 4.79 Å². The van der Waals surface area contributed by atoms with E-state index in [4.69, 9.17) is 5.73 Å². The average molecular weight is 213 g/mol. The van der Waals surface area contributed by atoms with Gasteiger partial charge >= 0.3 is 0 Å². The number of nitrogens with one attached hydrogen (secondary N) is 2. The molecular formula is C11H23N3O. The molecule has 0 aromatic carbocycles. The third kappa shape index (κ3) is 3.47. The van der Waals surface area contributed by atoms with E-state index in [1.165, 1.54) is 0 Å². The predicted octanol–water partition coefficient (Wildman–Crippen LogP) is 0.230. The average Bonchev–Trinajstić information content (AvgIpc) is 2.18. The number of rotatable bonds is 5. The Hall–Kier alpha value is -0.610. The first-order valence-corrected chi connectivity index (χ1v) is 5.82. The zero-order valence-electron chi connectivity index (χ0n) is 9.81. The number of carbonyl (C=O) groups excluding carboxylic acids is 1. The first-order chi connectivity index (χ1) is 7.07. The van der Waals surface area contributed by atoms with E-state index in [0.29, 0.717) is 5.92 Å². The fraction of sp³-hybridized carbons (Fsp3) is 0.909. The number of hydrogen-bond donors (Lipinski definition) is 3. The second-order valence-corrected chi connectivity index (χ2v) is 4.81. The van der Waals surface area contributed by atoms with Crippen LogP contribution >= 0.6 is 0 Å². The van der Waals surface area contributed by atoms with E-state index in [9.17, 15) is 4.79 Å². The molecule has 15 heavy (non-hydrogen) atoms. The Bertz CT molecular complexity index is 210. The fourth-order valence-corrected chi connectivity index (χ4v) is 1.96. The summed E-state index contributed by atoms with van der Waals surface area (Å²) >= 11 is 0. The minimum absolute atomic E-state index is 0.201. The molecule has 0 aromatic rings. The molecule has 1 aliphatic rings. The summed E-state index contributed by atoms with van der Waals surface area (Å²) in [6.45, 7) is 6.98. The van der Waals surface area contributed by atoms with Crippen LogP contribution in [-0.4, -0.2) is 31.1 Å². The maximum Gasteiger partial charge on any atom is 0.237 e. The molecule has 4 nitrogen and oxygen atoms in total. The number of primary amides is 1. The molecule has 4 heteroatoms. The highest BCUT2D eigenvalue weighted by Crippen LogP contribution is 2.18. The van der Waals surface area contributed by atoms with E-state index in [1.54, 1.807) is 0 Å². The summed E-state index contributed by atoms with van der Waals surface area (Å²) in [5, 5.41) is 6.60. The monoisotopic (exact) mass is 213 g/mol. The maximum atomic E-state index is 11.5. The van der Waals surface area contributed by atoms with Gasteiger partial charge in [0.15, 0.2) is 0 Å². The summed E-state index contributed by atoms with van der Waals surface area (Å²) in [6, 6.07) is 0. The molecule has 0 spiro atoms. The van der Waals surface area contributed by atoms with Gasteiger partial charge in [0.2, 0.25) is 5.91 Å². The van der Waals surface area contributed by atoms with Crippen molar-refractivity contribution in [3.05, 3.63) is 0 Å². The first-order valence-electron chi connectivity index (χ1n) is 5.82. The molecule has 0 aromatic heterocycles. The lowest BCUT2D eigenvalue weighted by Gasteiger charge is -2.35. The van der Waals surface area contributed by atoms with Crippen LogP contribution in [0.25, 0.3) is 0 Å². The highest BCUT2D eigenvalue weighted by Gasteiger charge is 2.36. The Kier molecular flexibility index (Phi) is 4.54. The second-order valence-electron chi connectivity index (χ2n) is 4.81. The highest BCUT2D eigenvalue weighted by atomic mass is 16.1. The Morgan fingerprint density at radius 1 is 1.47 bits per heavy atom. The van der Waals surface area contributed by atoms with E-state index in [0.717, 1.165) is 38.9 Å². The van der Waals surface area contributed by atoms with Gasteiger partial charge in [-0.05, 0) is 44.8 Å². The van der Waals surface area contributed by atoms with Gasteiger partial charge in [0.1, 0.15) is 5.54 Å². The van der Waals surface area contributed by atoms with Gasteiger partial charge < -0.3 is 16.4 Å². The molecule has 1 rings (SSSR count). The number of carbonyl (C=O) groups is 1. The van der Waals surface area contributed by atoms with Crippen molar-refractivity contribution >= 4 is 5.91 Å². The zero-order valence-corrected chi connectivity index (χ0v) is 9.81. The van der Waals surface area contributed by atoms with Gasteiger partial charge in [0.25, 0.3) is 0 Å². The van der Waals surface area contributed by atoms with Gasteiger partial charge in [0, 0.05) is 0 Å². The Morgan fingerprint density at radius 2 is 2.07 bits per heavy atom. The quantitative estimate of drug-likeness (QED) is 0.612. The summed E-state index contributed by atoms with van der Waals surface area (Å²) in [6.07, 6.45) is 2.70. The summed E-state index contributed by atoms with van der Waals surface area (Å²) in [4.78, 5) is 11.5. The molecule has 0 unspecified atom stereocenters. The SMILES string of the molecule is CC(C)CCNC1(C(N)=O)CCNCC1. The van der Waals surface area contributed by atoms with Crippen LogP contribution in [0.2, 0.25) is 0 Å². The van der Waals surface area contributed by atoms with Crippen molar-refractivity contribution in [1.82, 2.24) is 10.6 Å². The van der Waals surface area contributed by atoms with Gasteiger partial charge in [-0.15, -0.1) is 0 Å². The predicted molar refractivity (Wildman–Crippen MR) is 61.5 cm³/mol. The van der Waals surface area contributed by atoms with E-state index in [-0.39, 0.29) is 5.91 Å². The van der Waals surface area contributed by atoms with Crippen LogP contribution < -0.4 is 16.4 Å². The molecule has 0 bridgehead atoms. The molecule has 1 saturated heterocycles. The lowest BCUT2D eigenvalue weighted by atomic mass is 9.87. The van der Waals surface area contributed by atoms with Crippen LogP contribution in [-0.2, 0) is 4.79 Å². The lowest BCUT2D eigenvalue weighted by molar-refractivity contribution is -0.125. The van der Waals surface area contributed by atoms with Crippen molar-refractivity contribution in [3.8, 4) is 0 Å². The minimum atomic E-state index is -0.458. The summed E-state index contributed by atoms with van der Waals surface area (Å²) in [7, 11) is 0. The molecule has 0 radical (unpaired) electrons. The van der Waals surface area contributed by atoms with Crippen LogP contribution in [0.1, 0.15) is 33.1 Å². The van der Waals surface area contributed by atoms with Crippen molar-refractivity contribution in [3.63, 3.8) is 0 Å². The van der Waals surface area contributed by atoms with Crippen LogP contribution in [0.4, 0.5) is 0 Å². The largest absolute Gasteiger partial charge is 0.368 e. The molecule has 0 atom stereocenters. The van der Waals surface area contributed by atoms with Gasteiger partial charge in [-0.3, -0.25) is 4.79 Å². The summed E-state index contributed by atoms with van der Waals surface area (Å²) < 4.78 is 0. The summed E-state index contributed by atoms with van der Waals surface area (Å²) in [5.41, 5.74) is 5.03. The molecule has 1 fully saturated rings. The molecule has 0 saturated carbocycles. The van der Waals surface area contributed by atoms with Crippen molar-refractivity contribution in [2.45, 2.75) is 38.6 Å². The van der Waals surface area contributed by atoms with E-state index >= 15 is 0 Å². The first kappa shape index (κ1) is 12.5. The molecule has 4 N–H and O–H groups in total. The van der Waals surface area contributed by atoms with Crippen molar-refractivity contribution in [2.24, 2.45) is 11.7 Å². The van der Waals surface area contributed by atoms with Gasteiger partial charge in [0.05, 0.1) is 0 Å². The summed E-state index contributed by atoms with van der Waals surface area (Å²) in [5.74, 6) is 0.455. The molecule has 88 valence electrons. The highest BCUT2D eigenvalue weighted by molar-refractivity contribution is 5.84. The Balaban J connectivity index is 2.46. The normalized spacial score (nSPS) is 20.5. The third-order valence-electron chi connectivity index (χ3n) is 3.11. The van der Waals surface area contributed by atoms with E-state index in [1.807, 2.05) is 0 Å². The fourth-order valence-electron chi connectivity index (χ4n) is 1.96. The van der Waals surface area contributed by atoms with E-state index in [2.05, 4.69) is 24.5 Å². The van der Waals surface area contributed by atoms with Gasteiger partial charge in [-0.1, -0.05) is 13.8 Å². The number of hydrogen-bond acceptors (Lipinski definition) is 3. The number of amides is 1. The third-order valence-corrected chi connectivity index (χ3v) is 3.11. The van der Waals surface area contributed by atoms with Crippen LogP contribution in [0.5, 0.6) is 0 Å². The minimum Gasteiger partial charge on any atom is -0.368 e. The maximum absolute atomic E-state index is 11.5. The van der Waals surface area contributed by atoms with E-state index < -0.39 is 5.54 Å². The van der Waals surface area contributed by atoms with Crippen LogP contribution in [0.3, 0.4) is 0 Å². The lowest BCUT2D eigenvalue weighted by Crippen LogP contribution is -2.60. The molecular weight excluding hydrogens is 190 g/mol. The molecule has 0 aliphatic carbocycles. The van der Waals surface area contributed by atoms with Crippen molar-refractivity contribution in [2.75, 3.05) is 19.6 Å². The standard InChI is InChI=1S/C11H23N3O/c1-9(2)3-6-14-11(10(12)15)4-7-13-8-5-11/h9,13-14H,3-8H2,1-2H3,(H2,12,15).